The number of aliphatic hydroxyl groups excluding tert-OH is 1. The van der Waals surface area contributed by atoms with Crippen LogP contribution in [0.5, 0.6) is 0 Å². The molecule has 20 heavy (non-hydrogen) atoms. The van der Waals surface area contributed by atoms with Crippen LogP contribution in [0.25, 0.3) is 0 Å². The molecule has 112 valence electrons. The van der Waals surface area contributed by atoms with Crippen molar-refractivity contribution in [1.29, 1.82) is 0 Å². The van der Waals surface area contributed by atoms with E-state index >= 15 is 0 Å². The summed E-state index contributed by atoms with van der Waals surface area (Å²) in [5.74, 6) is 2.37. The van der Waals surface area contributed by atoms with Crippen molar-refractivity contribution < 1.29 is 5.11 Å². The second kappa shape index (κ2) is 13.2. The van der Waals surface area contributed by atoms with E-state index in [1.807, 2.05) is 36.2 Å². The van der Waals surface area contributed by atoms with Crippen molar-refractivity contribution in [2.45, 2.75) is 19.3 Å². The molecule has 0 unspecified atom stereocenters. The maximum absolute atomic E-state index is 8.65. The van der Waals surface area contributed by atoms with Crippen LogP contribution in [0.3, 0.4) is 0 Å². The fraction of sp³-hybridized carbons (Fsp3) is 0.562. The van der Waals surface area contributed by atoms with Gasteiger partial charge in [-0.3, -0.25) is 4.99 Å². The molecule has 0 aliphatic carbocycles. The molecule has 0 aliphatic rings. The fourth-order valence-electron chi connectivity index (χ4n) is 1.69. The molecule has 2 N–H and O–H groups in total. The number of thioether (sulfide) groups is 1. The van der Waals surface area contributed by atoms with Crippen molar-refractivity contribution in [3.05, 3.63) is 35.9 Å². The van der Waals surface area contributed by atoms with Crippen LogP contribution in [0.4, 0.5) is 0 Å². The van der Waals surface area contributed by atoms with Gasteiger partial charge in [0.05, 0.1) is 6.54 Å². The maximum atomic E-state index is 8.65. The summed E-state index contributed by atoms with van der Waals surface area (Å²) < 4.78 is 0. The van der Waals surface area contributed by atoms with E-state index in [1.54, 1.807) is 0 Å². The Morgan fingerprint density at radius 1 is 1.05 bits per heavy atom. The van der Waals surface area contributed by atoms with Gasteiger partial charge in [0, 0.05) is 19.4 Å². The SMILES string of the molecule is OCCCCSCCCNCCN=Cc1ccccc1. The summed E-state index contributed by atoms with van der Waals surface area (Å²) in [5.41, 5.74) is 1.16. The zero-order valence-electron chi connectivity index (χ0n) is 12.1. The Bertz CT molecular complexity index is 344. The van der Waals surface area contributed by atoms with E-state index < -0.39 is 0 Å². The molecule has 0 aromatic heterocycles. The molecule has 4 heteroatoms. The van der Waals surface area contributed by atoms with E-state index in [0.717, 1.165) is 38.0 Å². The molecule has 0 amide bonds. The number of nitrogens with one attached hydrogen (secondary N) is 1. The van der Waals surface area contributed by atoms with Crippen LogP contribution >= 0.6 is 11.8 Å². The molecule has 1 rings (SSSR count). The van der Waals surface area contributed by atoms with E-state index in [2.05, 4.69) is 22.4 Å². The molecule has 0 saturated carbocycles. The monoisotopic (exact) mass is 294 g/mol. The second-order valence-electron chi connectivity index (χ2n) is 4.59. The molecule has 0 fully saturated rings. The number of hydrogen-bond acceptors (Lipinski definition) is 4. The van der Waals surface area contributed by atoms with Gasteiger partial charge in [0.25, 0.3) is 0 Å². The third-order valence-electron chi connectivity index (χ3n) is 2.80. The van der Waals surface area contributed by atoms with Crippen molar-refractivity contribution in [3.63, 3.8) is 0 Å². The van der Waals surface area contributed by atoms with E-state index in [4.69, 9.17) is 5.11 Å². The summed E-state index contributed by atoms with van der Waals surface area (Å²) >= 11 is 1.98. The molecule has 0 spiro atoms. The van der Waals surface area contributed by atoms with Crippen molar-refractivity contribution >= 4 is 18.0 Å². The van der Waals surface area contributed by atoms with Gasteiger partial charge in [-0.1, -0.05) is 30.3 Å². The average molecular weight is 294 g/mol. The maximum Gasteiger partial charge on any atom is 0.0514 e. The highest BCUT2D eigenvalue weighted by Crippen LogP contribution is 2.05. The molecular formula is C16H26N2OS. The Hall–Kier alpha value is -0.840. The third kappa shape index (κ3) is 10.0. The van der Waals surface area contributed by atoms with Crippen molar-refractivity contribution in [2.75, 3.05) is 37.7 Å². The molecule has 0 saturated heterocycles. The number of nitrogens with zero attached hydrogens (tertiary/aromatic N) is 1. The van der Waals surface area contributed by atoms with Gasteiger partial charge >= 0.3 is 0 Å². The second-order valence-corrected chi connectivity index (χ2v) is 5.82. The normalized spacial score (nSPS) is 11.2. The van der Waals surface area contributed by atoms with Gasteiger partial charge in [0.1, 0.15) is 0 Å². The van der Waals surface area contributed by atoms with Crippen LogP contribution in [0.15, 0.2) is 35.3 Å². The first-order valence-electron chi connectivity index (χ1n) is 7.37. The minimum atomic E-state index is 0.325. The highest BCUT2D eigenvalue weighted by molar-refractivity contribution is 7.99. The number of unbranched alkanes of at least 4 members (excludes halogenated alkanes) is 1. The number of aliphatic hydroxyl groups is 1. The smallest absolute Gasteiger partial charge is 0.0514 e. The number of aliphatic imine (C=N–C) groups is 1. The summed E-state index contributed by atoms with van der Waals surface area (Å²) in [4.78, 5) is 4.39. The van der Waals surface area contributed by atoms with Crippen LogP contribution in [-0.2, 0) is 0 Å². The van der Waals surface area contributed by atoms with Gasteiger partial charge < -0.3 is 10.4 Å². The van der Waals surface area contributed by atoms with E-state index in [9.17, 15) is 0 Å². The lowest BCUT2D eigenvalue weighted by Crippen LogP contribution is -2.19. The summed E-state index contributed by atoms with van der Waals surface area (Å²) in [6.45, 7) is 3.16. The summed E-state index contributed by atoms with van der Waals surface area (Å²) in [6, 6.07) is 10.2. The number of hydrogen-bond donors (Lipinski definition) is 2. The van der Waals surface area contributed by atoms with Gasteiger partial charge in [-0.05, 0) is 42.9 Å². The first-order chi connectivity index (χ1) is 9.93. The first kappa shape index (κ1) is 17.2. The largest absolute Gasteiger partial charge is 0.396 e. The molecule has 0 radical (unpaired) electrons. The third-order valence-corrected chi connectivity index (χ3v) is 3.95. The molecule has 0 bridgehead atoms. The highest BCUT2D eigenvalue weighted by Gasteiger charge is 1.91. The van der Waals surface area contributed by atoms with E-state index in [0.29, 0.717) is 6.61 Å². The molecular weight excluding hydrogens is 268 g/mol. The Morgan fingerprint density at radius 2 is 1.85 bits per heavy atom. The lowest BCUT2D eigenvalue weighted by molar-refractivity contribution is 0.287. The Balaban J connectivity index is 1.84. The number of rotatable bonds is 12. The Morgan fingerprint density at radius 3 is 2.65 bits per heavy atom. The molecule has 0 aliphatic heterocycles. The predicted octanol–water partition coefficient (Wildman–Crippen LogP) is 2.59. The van der Waals surface area contributed by atoms with Gasteiger partial charge in [-0.25, -0.2) is 0 Å². The van der Waals surface area contributed by atoms with E-state index in [1.165, 1.54) is 17.9 Å². The first-order valence-corrected chi connectivity index (χ1v) is 8.53. The number of benzene rings is 1. The zero-order chi connectivity index (χ0) is 14.3. The highest BCUT2D eigenvalue weighted by atomic mass is 32.2. The lowest BCUT2D eigenvalue weighted by Gasteiger charge is -2.03. The molecule has 1 aromatic carbocycles. The lowest BCUT2D eigenvalue weighted by atomic mass is 10.2. The Labute approximate surface area is 126 Å². The molecule has 1 aromatic rings. The standard InChI is InChI=1S/C16H26N2OS/c19-12-4-5-13-20-14-6-9-17-10-11-18-15-16-7-2-1-3-8-16/h1-3,7-8,15,17,19H,4-6,9-14H2. The van der Waals surface area contributed by atoms with Crippen molar-refractivity contribution in [2.24, 2.45) is 4.99 Å². The van der Waals surface area contributed by atoms with Gasteiger partial charge in [0.2, 0.25) is 0 Å². The van der Waals surface area contributed by atoms with Gasteiger partial charge in [-0.15, -0.1) is 0 Å². The average Bonchev–Trinajstić information content (AvgIpc) is 2.49. The molecule has 0 heterocycles. The van der Waals surface area contributed by atoms with Crippen molar-refractivity contribution in [1.82, 2.24) is 5.32 Å². The van der Waals surface area contributed by atoms with Crippen LogP contribution in [0, 0.1) is 0 Å². The summed E-state index contributed by atoms with van der Waals surface area (Å²) in [5, 5.41) is 12.1. The van der Waals surface area contributed by atoms with Crippen LogP contribution in [0.2, 0.25) is 0 Å². The minimum absolute atomic E-state index is 0.325. The van der Waals surface area contributed by atoms with Crippen LogP contribution in [-0.4, -0.2) is 49.1 Å². The van der Waals surface area contributed by atoms with Crippen LogP contribution in [0.1, 0.15) is 24.8 Å². The van der Waals surface area contributed by atoms with E-state index in [-0.39, 0.29) is 0 Å². The minimum Gasteiger partial charge on any atom is -0.396 e. The van der Waals surface area contributed by atoms with Crippen molar-refractivity contribution in [3.8, 4) is 0 Å². The topological polar surface area (TPSA) is 44.6 Å². The zero-order valence-corrected chi connectivity index (χ0v) is 12.9. The predicted molar refractivity (Wildman–Crippen MR) is 90.0 cm³/mol. The molecule has 3 nitrogen and oxygen atoms in total. The quantitative estimate of drug-likeness (QED) is 0.460. The fourth-order valence-corrected chi connectivity index (χ4v) is 2.66. The van der Waals surface area contributed by atoms with Crippen LogP contribution < -0.4 is 5.32 Å². The Kier molecular flexibility index (Phi) is 11.3. The van der Waals surface area contributed by atoms with Gasteiger partial charge in [0.15, 0.2) is 0 Å². The summed E-state index contributed by atoms with van der Waals surface area (Å²) in [7, 11) is 0. The summed E-state index contributed by atoms with van der Waals surface area (Å²) in [6.07, 6.45) is 5.19. The van der Waals surface area contributed by atoms with Gasteiger partial charge in [-0.2, -0.15) is 11.8 Å². The molecule has 0 atom stereocenters.